The largest absolute Gasteiger partial charge is 0.468 e. The van der Waals surface area contributed by atoms with Crippen LogP contribution in [0.15, 0.2) is 51.1 Å². The number of ether oxygens (including phenoxy) is 2. The summed E-state index contributed by atoms with van der Waals surface area (Å²) in [4.78, 5) is 42.1. The number of amides is 2. The summed E-state index contributed by atoms with van der Waals surface area (Å²) in [5.74, 6) is 0.609. The van der Waals surface area contributed by atoms with Crippen LogP contribution in [-0.4, -0.2) is 42.0 Å². The first-order valence-corrected chi connectivity index (χ1v) is 13.4. The van der Waals surface area contributed by atoms with Crippen molar-refractivity contribution in [1.29, 1.82) is 0 Å². The molecule has 5 rings (SSSR count). The summed E-state index contributed by atoms with van der Waals surface area (Å²) in [7, 11) is 1.35. The molecule has 2 amide bonds. The van der Waals surface area contributed by atoms with Gasteiger partial charge in [0, 0.05) is 18.0 Å². The summed E-state index contributed by atoms with van der Waals surface area (Å²) < 4.78 is 22.9. The predicted octanol–water partition coefficient (Wildman–Crippen LogP) is 4.26. The van der Waals surface area contributed by atoms with Gasteiger partial charge in [0.15, 0.2) is 0 Å². The number of carbonyl (C=O) groups is 3. The summed E-state index contributed by atoms with van der Waals surface area (Å²) in [5, 5.41) is 2.84. The fraction of sp³-hybridized carbons (Fsp3) is 0.552. The molecule has 0 unspecified atom stereocenters. The number of rotatable bonds is 8. The standard InChI is InChI=1S/C29H36N2O7/c1-18-10-11-22(37-18)16-30-26(32)13-21-15-29(28(34)35-3)19(2)38-24(20-7-4-5-8-20)14-25(29)31(27(21)33)17-23-9-6-12-36-23/h6,9-12,14,19-21,24H,4-5,7-8,13,15-17H2,1-3H3,(H,30,32)/t19-,21+,24-,29+/m1/s1. The normalized spacial score (nSPS) is 27.7. The number of likely N-dealkylation sites (tertiary alicyclic amines) is 1. The van der Waals surface area contributed by atoms with Crippen molar-refractivity contribution in [3.63, 3.8) is 0 Å². The highest BCUT2D eigenvalue weighted by molar-refractivity contribution is 5.92. The number of furan rings is 2. The van der Waals surface area contributed by atoms with Gasteiger partial charge in [0.05, 0.1) is 38.7 Å². The fourth-order valence-electron chi connectivity index (χ4n) is 6.33. The monoisotopic (exact) mass is 524 g/mol. The Bertz CT molecular complexity index is 1190. The Morgan fingerprint density at radius 2 is 1.97 bits per heavy atom. The van der Waals surface area contributed by atoms with Crippen LogP contribution in [0.2, 0.25) is 0 Å². The Morgan fingerprint density at radius 3 is 2.63 bits per heavy atom. The summed E-state index contributed by atoms with van der Waals surface area (Å²) in [5.41, 5.74) is -0.614. The van der Waals surface area contributed by atoms with Crippen molar-refractivity contribution in [1.82, 2.24) is 10.2 Å². The van der Waals surface area contributed by atoms with E-state index in [4.69, 9.17) is 18.3 Å². The zero-order chi connectivity index (χ0) is 26.9. The number of esters is 1. The van der Waals surface area contributed by atoms with Crippen LogP contribution in [0.5, 0.6) is 0 Å². The SMILES string of the molecule is COC(=O)[C@]12C[C@H](CC(=O)NCc3ccc(C)o3)C(=O)N(Cc3ccco3)C1=C[C@H](C1CCCC1)O[C@@H]2C. The van der Waals surface area contributed by atoms with Crippen LogP contribution in [0.4, 0.5) is 0 Å². The van der Waals surface area contributed by atoms with E-state index in [0.29, 0.717) is 23.1 Å². The highest BCUT2D eigenvalue weighted by Crippen LogP contribution is 2.52. The molecular formula is C29H36N2O7. The van der Waals surface area contributed by atoms with Gasteiger partial charge in [0.1, 0.15) is 22.7 Å². The van der Waals surface area contributed by atoms with Gasteiger partial charge in [0.2, 0.25) is 11.8 Å². The van der Waals surface area contributed by atoms with Gasteiger partial charge in [-0.2, -0.15) is 0 Å². The van der Waals surface area contributed by atoms with Crippen LogP contribution in [0, 0.1) is 24.2 Å². The van der Waals surface area contributed by atoms with Gasteiger partial charge < -0.3 is 28.5 Å². The Labute approximate surface area is 222 Å². The summed E-state index contributed by atoms with van der Waals surface area (Å²) in [6, 6.07) is 7.20. The number of nitrogens with zero attached hydrogens (tertiary/aromatic N) is 1. The second kappa shape index (κ2) is 10.8. The molecule has 2 aromatic heterocycles. The molecule has 38 heavy (non-hydrogen) atoms. The average molecular weight is 525 g/mol. The molecule has 0 aromatic carbocycles. The predicted molar refractivity (Wildman–Crippen MR) is 136 cm³/mol. The maximum atomic E-state index is 14.0. The Balaban J connectivity index is 1.46. The third kappa shape index (κ3) is 4.91. The molecule has 204 valence electrons. The van der Waals surface area contributed by atoms with Crippen molar-refractivity contribution in [3.05, 3.63) is 59.6 Å². The van der Waals surface area contributed by atoms with E-state index in [2.05, 4.69) is 5.32 Å². The molecule has 2 aliphatic heterocycles. The second-order valence-electron chi connectivity index (χ2n) is 10.7. The Morgan fingerprint density at radius 1 is 1.18 bits per heavy atom. The third-order valence-corrected chi connectivity index (χ3v) is 8.30. The number of piperidine rings is 1. The first-order valence-electron chi connectivity index (χ1n) is 13.4. The van der Waals surface area contributed by atoms with Gasteiger partial charge in [-0.25, -0.2) is 0 Å². The van der Waals surface area contributed by atoms with Gasteiger partial charge in [-0.15, -0.1) is 0 Å². The van der Waals surface area contributed by atoms with Crippen LogP contribution in [0.25, 0.3) is 0 Å². The summed E-state index contributed by atoms with van der Waals surface area (Å²) in [6.07, 6.45) is 7.25. The molecule has 1 saturated heterocycles. The minimum atomic E-state index is -1.21. The minimum Gasteiger partial charge on any atom is -0.468 e. The highest BCUT2D eigenvalue weighted by atomic mass is 16.5. The van der Waals surface area contributed by atoms with E-state index in [1.165, 1.54) is 7.11 Å². The molecule has 2 fully saturated rings. The lowest BCUT2D eigenvalue weighted by molar-refractivity contribution is -0.178. The van der Waals surface area contributed by atoms with Crippen molar-refractivity contribution >= 4 is 17.8 Å². The van der Waals surface area contributed by atoms with Gasteiger partial charge in [0.25, 0.3) is 0 Å². The number of nitrogens with one attached hydrogen (secondary N) is 1. The molecule has 9 nitrogen and oxygen atoms in total. The lowest BCUT2D eigenvalue weighted by Crippen LogP contribution is -2.60. The lowest BCUT2D eigenvalue weighted by Gasteiger charge is -2.52. The molecule has 0 radical (unpaired) electrons. The number of aryl methyl sites for hydroxylation is 1. The molecule has 1 N–H and O–H groups in total. The van der Waals surface area contributed by atoms with Crippen molar-refractivity contribution < 1.29 is 32.7 Å². The molecule has 0 spiro atoms. The first-order chi connectivity index (χ1) is 18.3. The van der Waals surface area contributed by atoms with E-state index in [1.54, 1.807) is 29.4 Å². The quantitative estimate of drug-likeness (QED) is 0.514. The van der Waals surface area contributed by atoms with Gasteiger partial charge in [-0.3, -0.25) is 14.4 Å². The highest BCUT2D eigenvalue weighted by Gasteiger charge is 2.60. The molecular weight excluding hydrogens is 488 g/mol. The molecule has 1 aliphatic carbocycles. The number of hydrogen-bond acceptors (Lipinski definition) is 7. The van der Waals surface area contributed by atoms with Crippen LogP contribution in [0.1, 0.15) is 62.7 Å². The lowest BCUT2D eigenvalue weighted by atomic mass is 9.66. The second-order valence-corrected chi connectivity index (χ2v) is 10.7. The molecule has 9 heteroatoms. The van der Waals surface area contributed by atoms with E-state index in [1.807, 2.05) is 26.0 Å². The number of methoxy groups -OCH3 is 1. The molecule has 3 aliphatic rings. The molecule has 4 heterocycles. The zero-order valence-corrected chi connectivity index (χ0v) is 22.2. The third-order valence-electron chi connectivity index (χ3n) is 8.30. The topological polar surface area (TPSA) is 111 Å². The zero-order valence-electron chi connectivity index (χ0n) is 22.2. The van der Waals surface area contributed by atoms with E-state index in [0.717, 1.165) is 31.4 Å². The van der Waals surface area contributed by atoms with Crippen molar-refractivity contribution in [2.24, 2.45) is 17.3 Å². The first kappa shape index (κ1) is 26.3. The minimum absolute atomic E-state index is 0.0715. The van der Waals surface area contributed by atoms with E-state index >= 15 is 0 Å². The summed E-state index contributed by atoms with van der Waals surface area (Å²) >= 11 is 0. The fourth-order valence-corrected chi connectivity index (χ4v) is 6.33. The number of carbonyl (C=O) groups excluding carboxylic acids is 3. The molecule has 4 atom stereocenters. The molecule has 0 bridgehead atoms. The van der Waals surface area contributed by atoms with Crippen LogP contribution in [0.3, 0.4) is 0 Å². The Hall–Kier alpha value is -3.33. The van der Waals surface area contributed by atoms with Crippen molar-refractivity contribution in [2.75, 3.05) is 7.11 Å². The summed E-state index contributed by atoms with van der Waals surface area (Å²) in [6.45, 7) is 4.09. The van der Waals surface area contributed by atoms with Gasteiger partial charge in [-0.1, -0.05) is 12.8 Å². The Kier molecular flexibility index (Phi) is 7.47. The van der Waals surface area contributed by atoms with E-state index < -0.39 is 23.4 Å². The van der Waals surface area contributed by atoms with Crippen LogP contribution >= 0.6 is 0 Å². The smallest absolute Gasteiger partial charge is 0.320 e. The van der Waals surface area contributed by atoms with Gasteiger partial charge in [-0.05, 0) is 69.4 Å². The van der Waals surface area contributed by atoms with Crippen LogP contribution < -0.4 is 5.32 Å². The van der Waals surface area contributed by atoms with E-state index in [9.17, 15) is 14.4 Å². The molecule has 1 saturated carbocycles. The van der Waals surface area contributed by atoms with Gasteiger partial charge >= 0.3 is 5.97 Å². The number of fused-ring (bicyclic) bond motifs is 1. The number of hydrogen-bond donors (Lipinski definition) is 1. The van der Waals surface area contributed by atoms with Crippen LogP contribution in [-0.2, 0) is 36.9 Å². The van der Waals surface area contributed by atoms with E-state index in [-0.39, 0.29) is 43.8 Å². The maximum Gasteiger partial charge on any atom is 0.320 e. The van der Waals surface area contributed by atoms with Crippen molar-refractivity contribution in [3.8, 4) is 0 Å². The van der Waals surface area contributed by atoms with Crippen molar-refractivity contribution in [2.45, 2.75) is 77.7 Å². The average Bonchev–Trinajstić information content (AvgIpc) is 3.69. The maximum absolute atomic E-state index is 14.0. The molecule has 2 aromatic rings.